The summed E-state index contributed by atoms with van der Waals surface area (Å²) < 4.78 is 0. The first-order valence-electron chi connectivity index (χ1n) is 16.5. The van der Waals surface area contributed by atoms with Gasteiger partial charge in [0, 0.05) is 36.3 Å². The van der Waals surface area contributed by atoms with Gasteiger partial charge in [0.1, 0.15) is 11.7 Å². The summed E-state index contributed by atoms with van der Waals surface area (Å²) in [7, 11) is 0. The highest BCUT2D eigenvalue weighted by Gasteiger charge is 2.59. The molecule has 0 aromatic heterocycles. The molecule has 2 aliphatic heterocycles. The van der Waals surface area contributed by atoms with Gasteiger partial charge >= 0.3 is 0 Å². The number of hydrogen-bond donors (Lipinski definition) is 0. The quantitative estimate of drug-likeness (QED) is 0.190. The Labute approximate surface area is 269 Å². The van der Waals surface area contributed by atoms with E-state index in [1.54, 1.807) is 0 Å². The van der Waals surface area contributed by atoms with E-state index < -0.39 is 5.54 Å². The van der Waals surface area contributed by atoms with Gasteiger partial charge in [0.05, 0.1) is 5.69 Å². The highest BCUT2D eigenvalue weighted by atomic mass is 16.2. The van der Waals surface area contributed by atoms with Crippen LogP contribution in [0, 0.1) is 6.92 Å². The molecule has 4 aromatic carbocycles. The molecule has 0 saturated carbocycles. The highest BCUT2D eigenvalue weighted by Crippen LogP contribution is 2.54. The topological polar surface area (TPSA) is 48.3 Å². The second-order valence-electron chi connectivity index (χ2n) is 13.8. The van der Waals surface area contributed by atoms with Crippen LogP contribution in [0.5, 0.6) is 0 Å². The van der Waals surface area contributed by atoms with Crippen molar-refractivity contribution < 1.29 is 4.79 Å². The van der Waals surface area contributed by atoms with Crippen molar-refractivity contribution in [1.29, 1.82) is 0 Å². The van der Waals surface area contributed by atoms with Gasteiger partial charge in [0.25, 0.3) is 5.91 Å². The number of benzene rings is 4. The third-order valence-electron chi connectivity index (χ3n) is 9.58. The molecule has 0 unspecified atom stereocenters. The largest absolute Gasteiger partial charge is 0.344 e. The van der Waals surface area contributed by atoms with Gasteiger partial charge in [0.2, 0.25) is 0 Å². The lowest BCUT2D eigenvalue weighted by Crippen LogP contribution is -2.51. The van der Waals surface area contributed by atoms with Crippen LogP contribution in [0.15, 0.2) is 101 Å². The molecule has 1 amide bonds. The number of hydrogen-bond acceptors (Lipinski definition) is 4. The maximum atomic E-state index is 15.2. The van der Waals surface area contributed by atoms with Crippen LogP contribution in [-0.2, 0) is 12.1 Å². The molecule has 2 atom stereocenters. The van der Waals surface area contributed by atoms with E-state index in [0.29, 0.717) is 25.4 Å². The zero-order valence-electron chi connectivity index (χ0n) is 27.8. The summed E-state index contributed by atoms with van der Waals surface area (Å²) in [4.78, 5) is 19.7. The molecule has 5 heteroatoms. The number of anilines is 1. The Kier molecular flexibility index (Phi) is 8.39. The molecule has 4 aromatic rings. The Morgan fingerprint density at radius 1 is 0.822 bits per heavy atom. The van der Waals surface area contributed by atoms with Crippen LogP contribution >= 0.6 is 0 Å². The minimum absolute atomic E-state index is 0.0983. The van der Waals surface area contributed by atoms with Crippen molar-refractivity contribution in [3.8, 4) is 0 Å². The van der Waals surface area contributed by atoms with Gasteiger partial charge in [-0.1, -0.05) is 114 Å². The third kappa shape index (κ3) is 5.58. The molecular weight excluding hydrogens is 552 g/mol. The van der Waals surface area contributed by atoms with Crippen molar-refractivity contribution in [2.24, 2.45) is 10.2 Å². The van der Waals surface area contributed by atoms with E-state index in [-0.39, 0.29) is 23.9 Å². The van der Waals surface area contributed by atoms with Gasteiger partial charge in [-0.25, -0.2) is 0 Å². The second kappa shape index (κ2) is 12.3. The van der Waals surface area contributed by atoms with E-state index in [9.17, 15) is 0 Å². The summed E-state index contributed by atoms with van der Waals surface area (Å²) in [6, 6.07) is 31.8. The maximum Gasteiger partial charge on any atom is 0.256 e. The van der Waals surface area contributed by atoms with Crippen LogP contribution in [0.4, 0.5) is 11.4 Å². The number of likely N-dealkylation sites (tertiary alicyclic amines) is 1. The summed E-state index contributed by atoms with van der Waals surface area (Å²) in [5, 5.41) is 10.1. The van der Waals surface area contributed by atoms with Crippen molar-refractivity contribution >= 4 is 17.3 Å². The Balaban J connectivity index is 1.53. The number of nitrogens with zero attached hydrogens (tertiary/aromatic N) is 4. The Morgan fingerprint density at radius 2 is 1.49 bits per heavy atom. The zero-order chi connectivity index (χ0) is 31.9. The van der Waals surface area contributed by atoms with Crippen molar-refractivity contribution in [3.63, 3.8) is 0 Å². The monoisotopic (exact) mass is 598 g/mol. The molecule has 1 saturated heterocycles. The molecule has 0 radical (unpaired) electrons. The minimum Gasteiger partial charge on any atom is -0.344 e. The van der Waals surface area contributed by atoms with Gasteiger partial charge in [-0.05, 0) is 70.7 Å². The molecular formula is C40H46N4O. The maximum absolute atomic E-state index is 15.2. The van der Waals surface area contributed by atoms with Gasteiger partial charge < -0.3 is 9.80 Å². The summed E-state index contributed by atoms with van der Waals surface area (Å²) in [6.07, 6.45) is 0.403. The van der Waals surface area contributed by atoms with E-state index in [1.807, 2.05) is 12.1 Å². The number of carbonyl (C=O) groups excluding carboxylic acids is 1. The number of carbonyl (C=O) groups is 1. The summed E-state index contributed by atoms with van der Waals surface area (Å²) in [5.74, 6) is 0.918. The van der Waals surface area contributed by atoms with Gasteiger partial charge in [-0.3, -0.25) is 4.79 Å². The SMILES string of the molecule is Cc1cccc(N=N[C@]23CCN(C(=O)c4c(C(C)C)cc(C(C)C)cc4C(C)C)[C@H]2N(Cc2ccccc2)c2ccccc23)c1. The van der Waals surface area contributed by atoms with Gasteiger partial charge in [-0.15, -0.1) is 0 Å². The molecule has 5 nitrogen and oxygen atoms in total. The van der Waals surface area contributed by atoms with Crippen molar-refractivity contribution in [3.05, 3.63) is 130 Å². The van der Waals surface area contributed by atoms with Crippen LogP contribution in [0.25, 0.3) is 0 Å². The van der Waals surface area contributed by atoms with Crippen LogP contribution in [-0.4, -0.2) is 23.5 Å². The smallest absolute Gasteiger partial charge is 0.256 e. The number of aryl methyl sites for hydroxylation is 1. The standard InChI is InChI=1S/C40H46N4O/c1-26(2)31-23-33(27(3)4)37(34(24-31)28(5)6)38(45)43-21-20-40(42-41-32-17-13-14-29(7)22-32)35-18-11-12-19-36(35)44(39(40)43)25-30-15-9-8-10-16-30/h8-19,22-24,26-28,39H,20-21,25H2,1-7H3/t39-,40-/m0/s1. The molecule has 0 aliphatic carbocycles. The lowest BCUT2D eigenvalue weighted by Gasteiger charge is -2.37. The van der Waals surface area contributed by atoms with E-state index in [2.05, 4.69) is 137 Å². The fourth-order valence-electron chi connectivity index (χ4n) is 7.23. The summed E-state index contributed by atoms with van der Waals surface area (Å²) >= 11 is 0. The highest BCUT2D eigenvalue weighted by molar-refractivity contribution is 5.99. The number of para-hydroxylation sites is 1. The van der Waals surface area contributed by atoms with E-state index in [4.69, 9.17) is 10.2 Å². The normalized spacial score (nSPS) is 19.3. The second-order valence-corrected chi connectivity index (χ2v) is 13.8. The summed E-state index contributed by atoms with van der Waals surface area (Å²) in [5.41, 5.74) is 9.19. The van der Waals surface area contributed by atoms with Crippen LogP contribution in [0.2, 0.25) is 0 Å². The van der Waals surface area contributed by atoms with E-state index in [0.717, 1.165) is 39.2 Å². The van der Waals surface area contributed by atoms with Crippen LogP contribution in [0.3, 0.4) is 0 Å². The van der Waals surface area contributed by atoms with Crippen molar-refractivity contribution in [2.75, 3.05) is 11.4 Å². The molecule has 1 fully saturated rings. The Morgan fingerprint density at radius 3 is 2.13 bits per heavy atom. The first kappa shape index (κ1) is 30.8. The predicted molar refractivity (Wildman–Crippen MR) is 185 cm³/mol. The molecule has 0 spiro atoms. The lowest BCUT2D eigenvalue weighted by molar-refractivity contribution is 0.0706. The molecule has 6 rings (SSSR count). The van der Waals surface area contributed by atoms with Crippen LogP contribution in [0.1, 0.15) is 109 Å². The number of amides is 1. The molecule has 232 valence electrons. The van der Waals surface area contributed by atoms with Gasteiger partial charge in [-0.2, -0.15) is 10.2 Å². The molecule has 45 heavy (non-hydrogen) atoms. The first-order valence-corrected chi connectivity index (χ1v) is 16.5. The fourth-order valence-corrected chi connectivity index (χ4v) is 7.23. The first-order chi connectivity index (χ1) is 21.6. The lowest BCUT2D eigenvalue weighted by atomic mass is 9.84. The molecule has 0 N–H and O–H groups in total. The average Bonchev–Trinajstić information content (AvgIpc) is 3.53. The minimum atomic E-state index is -0.682. The van der Waals surface area contributed by atoms with Crippen LogP contribution < -0.4 is 4.90 Å². The zero-order valence-corrected chi connectivity index (χ0v) is 27.8. The molecule has 0 bridgehead atoms. The fraction of sp³-hybridized carbons (Fsp3) is 0.375. The van der Waals surface area contributed by atoms with Gasteiger partial charge in [0.15, 0.2) is 0 Å². The number of fused-ring (bicyclic) bond motifs is 3. The van der Waals surface area contributed by atoms with E-state index in [1.165, 1.54) is 11.1 Å². The average molecular weight is 599 g/mol. The third-order valence-corrected chi connectivity index (χ3v) is 9.58. The molecule has 2 aliphatic rings. The number of azo groups is 1. The van der Waals surface area contributed by atoms with Crippen molar-refractivity contribution in [2.45, 2.75) is 90.9 Å². The molecule has 2 heterocycles. The Hall–Kier alpha value is -4.25. The predicted octanol–water partition coefficient (Wildman–Crippen LogP) is 10.2. The van der Waals surface area contributed by atoms with Crippen molar-refractivity contribution in [1.82, 2.24) is 4.90 Å². The summed E-state index contributed by atoms with van der Waals surface area (Å²) in [6.45, 7) is 16.6. The van der Waals surface area contributed by atoms with E-state index >= 15 is 4.79 Å². The Bertz CT molecular complexity index is 1690. The number of rotatable bonds is 8.